The van der Waals surface area contributed by atoms with Gasteiger partial charge in [-0.05, 0) is 47.2 Å². The molecule has 0 heterocycles. The zero-order valence-corrected chi connectivity index (χ0v) is 19.9. The molecule has 35 heavy (non-hydrogen) atoms. The fourth-order valence-electron chi connectivity index (χ4n) is 4.09. The molecule has 2 atom stereocenters. The van der Waals surface area contributed by atoms with E-state index < -0.39 is 23.8 Å². The minimum absolute atomic E-state index is 0.197. The lowest BCUT2D eigenvalue weighted by Gasteiger charge is -2.22. The monoisotopic (exact) mass is 477 g/mol. The lowest BCUT2D eigenvalue weighted by Crippen LogP contribution is -2.49. The van der Waals surface area contributed by atoms with E-state index in [2.05, 4.69) is 10.6 Å². The van der Waals surface area contributed by atoms with Crippen LogP contribution in [0.15, 0.2) is 66.7 Å². The number of hydrogen-bond donors (Lipinski definition) is 4. The van der Waals surface area contributed by atoms with Crippen molar-refractivity contribution in [3.8, 4) is 16.9 Å². The summed E-state index contributed by atoms with van der Waals surface area (Å²) in [6.07, 6.45) is 1.02. The number of amides is 3. The first-order valence-electron chi connectivity index (χ1n) is 11.5. The molecule has 3 amide bonds. The molecule has 0 fully saturated rings. The molecule has 2 aliphatic carbocycles. The molecule has 0 unspecified atom stereocenters. The minimum Gasteiger partial charge on any atom is -0.497 e. The molecule has 0 spiro atoms. The van der Waals surface area contributed by atoms with Gasteiger partial charge in [-0.25, -0.2) is 5.48 Å². The SMILES string of the molecule is CNC(=O)[C@H](Cc1ccc(OC)cc1)NC(=O)[C@H](CCc1ccc2cccccc1-2)CC(=O)NO. The third-order valence-corrected chi connectivity index (χ3v) is 6.05. The van der Waals surface area contributed by atoms with E-state index in [9.17, 15) is 14.4 Å². The summed E-state index contributed by atoms with van der Waals surface area (Å²) in [7, 11) is 3.08. The molecule has 4 N–H and O–H groups in total. The topological polar surface area (TPSA) is 117 Å². The van der Waals surface area contributed by atoms with Crippen LogP contribution < -0.4 is 20.9 Å². The first kappa shape index (κ1) is 25.7. The van der Waals surface area contributed by atoms with Crippen molar-refractivity contribution >= 4 is 17.7 Å². The molecular formula is C27H31N3O5. The van der Waals surface area contributed by atoms with Crippen molar-refractivity contribution in [2.75, 3.05) is 14.2 Å². The predicted octanol–water partition coefficient (Wildman–Crippen LogP) is 2.72. The number of methoxy groups -OCH3 is 1. The van der Waals surface area contributed by atoms with Crippen molar-refractivity contribution < 1.29 is 24.3 Å². The summed E-state index contributed by atoms with van der Waals surface area (Å²) in [5, 5.41) is 14.4. The van der Waals surface area contributed by atoms with Crippen molar-refractivity contribution in [3.63, 3.8) is 0 Å². The number of hydroxylamine groups is 1. The lowest BCUT2D eigenvalue weighted by atomic mass is 9.93. The molecule has 8 nitrogen and oxygen atoms in total. The van der Waals surface area contributed by atoms with Crippen molar-refractivity contribution in [3.05, 3.63) is 77.9 Å². The van der Waals surface area contributed by atoms with E-state index in [1.807, 2.05) is 54.6 Å². The van der Waals surface area contributed by atoms with Crippen LogP contribution in [-0.2, 0) is 27.2 Å². The van der Waals surface area contributed by atoms with Crippen LogP contribution in [0.4, 0.5) is 0 Å². The molecule has 0 bridgehead atoms. The molecule has 0 radical (unpaired) electrons. The molecule has 184 valence electrons. The van der Waals surface area contributed by atoms with Gasteiger partial charge in [0.1, 0.15) is 11.8 Å². The van der Waals surface area contributed by atoms with Crippen LogP contribution in [0.25, 0.3) is 11.1 Å². The smallest absolute Gasteiger partial charge is 0.244 e. The minimum atomic E-state index is -0.820. The summed E-state index contributed by atoms with van der Waals surface area (Å²) in [5.41, 5.74) is 5.70. The normalized spacial score (nSPS) is 12.4. The standard InChI is InChI=1S/C27H31N3O5/c1-28-27(33)24(16-18-8-14-22(35-2)15-9-18)29-26(32)21(17-25(31)30-34)13-12-20-11-10-19-6-4-3-5-7-23(19)20/h3-11,14-15,21,24,34H,12-13,16-17H2,1-2H3,(H,28,33)(H,29,32)(H,30,31)/t21-,24+/m1/s1. The van der Waals surface area contributed by atoms with Gasteiger partial charge in [0.15, 0.2) is 0 Å². The molecule has 1 aromatic carbocycles. The number of carbonyl (C=O) groups excluding carboxylic acids is 3. The summed E-state index contributed by atoms with van der Waals surface area (Å²) in [5.74, 6) is -1.45. The third kappa shape index (κ3) is 7.04. The Labute approximate surface area is 205 Å². The van der Waals surface area contributed by atoms with Crippen molar-refractivity contribution in [1.29, 1.82) is 0 Å². The highest BCUT2D eigenvalue weighted by molar-refractivity contribution is 5.90. The number of benzene rings is 1. The van der Waals surface area contributed by atoms with Crippen LogP contribution in [0.1, 0.15) is 24.0 Å². The molecule has 2 aliphatic rings. The summed E-state index contributed by atoms with van der Waals surface area (Å²) in [6, 6.07) is 20.4. The van der Waals surface area contributed by atoms with E-state index in [1.54, 1.807) is 24.7 Å². The number of carbonyl (C=O) groups is 3. The zero-order valence-electron chi connectivity index (χ0n) is 19.9. The van der Waals surface area contributed by atoms with Crippen LogP contribution >= 0.6 is 0 Å². The highest BCUT2D eigenvalue weighted by atomic mass is 16.5. The molecular weight excluding hydrogens is 446 g/mol. The maximum absolute atomic E-state index is 13.2. The van der Waals surface area contributed by atoms with Gasteiger partial charge in [0.2, 0.25) is 17.7 Å². The van der Waals surface area contributed by atoms with E-state index in [4.69, 9.17) is 9.94 Å². The highest BCUT2D eigenvalue weighted by Crippen LogP contribution is 2.29. The molecule has 0 saturated heterocycles. The molecule has 0 saturated carbocycles. The van der Waals surface area contributed by atoms with E-state index in [0.717, 1.165) is 22.3 Å². The van der Waals surface area contributed by atoms with Gasteiger partial charge in [0, 0.05) is 25.8 Å². The zero-order chi connectivity index (χ0) is 25.2. The number of rotatable bonds is 11. The maximum Gasteiger partial charge on any atom is 0.244 e. The van der Waals surface area contributed by atoms with Crippen molar-refractivity contribution in [2.24, 2.45) is 5.92 Å². The fraction of sp³-hybridized carbons (Fsp3) is 0.296. The molecule has 8 heteroatoms. The van der Waals surface area contributed by atoms with Gasteiger partial charge in [-0.3, -0.25) is 19.6 Å². The van der Waals surface area contributed by atoms with Gasteiger partial charge in [0.25, 0.3) is 0 Å². The van der Waals surface area contributed by atoms with Crippen LogP contribution in [0.2, 0.25) is 0 Å². The Morgan fingerprint density at radius 3 is 2.37 bits per heavy atom. The van der Waals surface area contributed by atoms with Crippen LogP contribution in [0, 0.1) is 5.92 Å². The Morgan fingerprint density at radius 2 is 1.69 bits per heavy atom. The summed E-state index contributed by atoms with van der Waals surface area (Å²) < 4.78 is 5.17. The fourth-order valence-corrected chi connectivity index (χ4v) is 4.09. The van der Waals surface area contributed by atoms with Gasteiger partial charge in [0.05, 0.1) is 7.11 Å². The largest absolute Gasteiger partial charge is 0.497 e. The van der Waals surface area contributed by atoms with Crippen LogP contribution in [0.5, 0.6) is 5.75 Å². The summed E-state index contributed by atoms with van der Waals surface area (Å²) in [4.78, 5) is 37.7. The van der Waals surface area contributed by atoms with Gasteiger partial charge in [-0.1, -0.05) is 54.6 Å². The average molecular weight is 478 g/mol. The van der Waals surface area contributed by atoms with Crippen LogP contribution in [0.3, 0.4) is 0 Å². The average Bonchev–Trinajstić information content (AvgIpc) is 3.10. The van der Waals surface area contributed by atoms with E-state index in [-0.39, 0.29) is 18.7 Å². The lowest BCUT2D eigenvalue weighted by molar-refractivity contribution is -0.136. The predicted molar refractivity (Wildman–Crippen MR) is 132 cm³/mol. The first-order chi connectivity index (χ1) is 16.9. The second-order valence-corrected chi connectivity index (χ2v) is 8.34. The molecule has 0 aliphatic heterocycles. The summed E-state index contributed by atoms with van der Waals surface area (Å²) in [6.45, 7) is 0. The second kappa shape index (κ2) is 12.5. The third-order valence-electron chi connectivity index (χ3n) is 6.05. The number of fused-ring (bicyclic) bond motifs is 1. The van der Waals surface area contributed by atoms with Gasteiger partial charge >= 0.3 is 0 Å². The second-order valence-electron chi connectivity index (χ2n) is 8.34. The Hall–Kier alpha value is -3.91. The highest BCUT2D eigenvalue weighted by Gasteiger charge is 2.27. The van der Waals surface area contributed by atoms with Crippen molar-refractivity contribution in [2.45, 2.75) is 31.7 Å². The maximum atomic E-state index is 13.2. The van der Waals surface area contributed by atoms with Gasteiger partial charge in [-0.2, -0.15) is 0 Å². The Morgan fingerprint density at radius 1 is 0.943 bits per heavy atom. The molecule has 1 aromatic rings. The summed E-state index contributed by atoms with van der Waals surface area (Å²) >= 11 is 0. The van der Waals surface area contributed by atoms with Gasteiger partial charge in [-0.15, -0.1) is 0 Å². The van der Waals surface area contributed by atoms with E-state index >= 15 is 0 Å². The Balaban J connectivity index is 1.73. The number of likely N-dealkylation sites (N-methyl/N-ethyl adjacent to an activating group) is 1. The van der Waals surface area contributed by atoms with E-state index in [0.29, 0.717) is 18.6 Å². The number of ether oxygens (including phenoxy) is 1. The number of aryl methyl sites for hydroxylation is 1. The van der Waals surface area contributed by atoms with Gasteiger partial charge < -0.3 is 15.4 Å². The van der Waals surface area contributed by atoms with Crippen LogP contribution in [-0.4, -0.2) is 43.1 Å². The quantitative estimate of drug-likeness (QED) is 0.250. The first-order valence-corrected chi connectivity index (χ1v) is 11.5. The molecule has 3 rings (SSSR count). The van der Waals surface area contributed by atoms with Crippen molar-refractivity contribution in [1.82, 2.24) is 16.1 Å². The number of hydrogen-bond acceptors (Lipinski definition) is 5. The molecule has 0 aromatic heterocycles. The van der Waals surface area contributed by atoms with E-state index in [1.165, 1.54) is 7.05 Å². The Kier molecular flexibility index (Phi) is 9.20. The Bertz CT molecular complexity index is 1120. The number of nitrogens with one attached hydrogen (secondary N) is 3.